The number of carbonyl (C=O) groups excluding carboxylic acids is 1. The van der Waals surface area contributed by atoms with E-state index in [0.717, 1.165) is 49.8 Å². The van der Waals surface area contributed by atoms with Gasteiger partial charge in [-0.25, -0.2) is 9.97 Å². The van der Waals surface area contributed by atoms with E-state index >= 15 is 0 Å². The van der Waals surface area contributed by atoms with Crippen LogP contribution in [0.3, 0.4) is 0 Å². The number of nitrogens with zero attached hydrogens (tertiary/aromatic N) is 3. The lowest BCUT2D eigenvalue weighted by molar-refractivity contribution is 0.0383. The van der Waals surface area contributed by atoms with Gasteiger partial charge in [0.1, 0.15) is 5.82 Å². The topological polar surface area (TPSA) is 79.4 Å². The van der Waals surface area contributed by atoms with Crippen LogP contribution in [0.2, 0.25) is 0 Å². The number of rotatable bonds is 7. The molecule has 3 aromatic rings. The van der Waals surface area contributed by atoms with Crippen molar-refractivity contribution >= 4 is 17.4 Å². The molecular weight excluding hydrogens is 390 g/mol. The molecule has 7 heteroatoms. The number of hydrogen-bond donors (Lipinski definition) is 2. The number of hydrogen-bond acceptors (Lipinski definition) is 6. The fraction of sp³-hybridized carbons (Fsp3) is 0.292. The number of morpholine rings is 1. The number of anilines is 2. The Labute approximate surface area is 182 Å². The summed E-state index contributed by atoms with van der Waals surface area (Å²) in [6.45, 7) is 6.79. The molecule has 0 saturated carbocycles. The standard InChI is InChI=1S/C24H27N5O2/c1-18-17-22(28-23(26-18)19-5-3-2-4-6-19)27-21-9-7-20(8-10-21)24(30)25-11-12-29-13-15-31-16-14-29/h2-10,17H,11-16H2,1H3,(H,25,30)(H,26,27,28). The number of aryl methyl sites for hydroxylation is 1. The summed E-state index contributed by atoms with van der Waals surface area (Å²) in [5.41, 5.74) is 3.35. The minimum absolute atomic E-state index is 0.0657. The van der Waals surface area contributed by atoms with E-state index in [1.54, 1.807) is 0 Å². The summed E-state index contributed by atoms with van der Waals surface area (Å²) < 4.78 is 5.34. The summed E-state index contributed by atoms with van der Waals surface area (Å²) in [6.07, 6.45) is 0. The number of benzene rings is 2. The van der Waals surface area contributed by atoms with Gasteiger partial charge < -0.3 is 15.4 Å². The molecular formula is C24H27N5O2. The van der Waals surface area contributed by atoms with Crippen LogP contribution >= 0.6 is 0 Å². The molecule has 0 bridgehead atoms. The number of ether oxygens (including phenoxy) is 1. The van der Waals surface area contributed by atoms with Crippen molar-refractivity contribution in [1.82, 2.24) is 20.2 Å². The predicted octanol–water partition coefficient (Wildman–Crippen LogP) is 3.26. The molecule has 1 aliphatic rings. The molecule has 1 aromatic heterocycles. The largest absolute Gasteiger partial charge is 0.379 e. The maximum absolute atomic E-state index is 12.4. The first-order valence-electron chi connectivity index (χ1n) is 10.5. The third-order valence-electron chi connectivity index (χ3n) is 5.12. The Balaban J connectivity index is 1.35. The predicted molar refractivity (Wildman–Crippen MR) is 122 cm³/mol. The van der Waals surface area contributed by atoms with Crippen LogP contribution in [0, 0.1) is 6.92 Å². The Morgan fingerprint density at radius 3 is 2.52 bits per heavy atom. The monoisotopic (exact) mass is 417 g/mol. The molecule has 31 heavy (non-hydrogen) atoms. The highest BCUT2D eigenvalue weighted by Gasteiger charge is 2.11. The van der Waals surface area contributed by atoms with E-state index in [1.807, 2.05) is 67.6 Å². The Kier molecular flexibility index (Phi) is 6.86. The number of aromatic nitrogens is 2. The molecule has 2 aromatic carbocycles. The van der Waals surface area contributed by atoms with E-state index in [1.165, 1.54) is 0 Å². The van der Waals surface area contributed by atoms with Crippen molar-refractivity contribution in [3.8, 4) is 11.4 Å². The SMILES string of the molecule is Cc1cc(Nc2ccc(C(=O)NCCN3CCOCC3)cc2)nc(-c2ccccc2)n1. The van der Waals surface area contributed by atoms with Crippen molar-refractivity contribution in [1.29, 1.82) is 0 Å². The Bertz CT molecular complexity index is 1000. The lowest BCUT2D eigenvalue weighted by atomic mass is 10.2. The van der Waals surface area contributed by atoms with Gasteiger partial charge in [-0.15, -0.1) is 0 Å². The van der Waals surface area contributed by atoms with E-state index in [4.69, 9.17) is 4.74 Å². The van der Waals surface area contributed by atoms with Crippen molar-refractivity contribution in [3.05, 3.63) is 71.9 Å². The van der Waals surface area contributed by atoms with Gasteiger partial charge in [0.05, 0.1) is 13.2 Å². The molecule has 2 N–H and O–H groups in total. The van der Waals surface area contributed by atoms with Crippen LogP contribution in [-0.4, -0.2) is 60.2 Å². The number of amides is 1. The van der Waals surface area contributed by atoms with Gasteiger partial charge in [-0.1, -0.05) is 30.3 Å². The molecule has 4 rings (SSSR count). The zero-order valence-electron chi connectivity index (χ0n) is 17.7. The molecule has 1 amide bonds. The van der Waals surface area contributed by atoms with Crippen LogP contribution in [-0.2, 0) is 4.74 Å². The Morgan fingerprint density at radius 1 is 1.03 bits per heavy atom. The maximum atomic E-state index is 12.4. The van der Waals surface area contributed by atoms with Crippen molar-refractivity contribution in [2.75, 3.05) is 44.7 Å². The molecule has 1 saturated heterocycles. The highest BCUT2D eigenvalue weighted by atomic mass is 16.5. The van der Waals surface area contributed by atoms with Crippen molar-refractivity contribution in [2.45, 2.75) is 6.92 Å². The number of nitrogens with one attached hydrogen (secondary N) is 2. The second-order valence-corrected chi connectivity index (χ2v) is 7.50. The van der Waals surface area contributed by atoms with Gasteiger partial charge in [-0.3, -0.25) is 9.69 Å². The third kappa shape index (κ3) is 5.87. The van der Waals surface area contributed by atoms with E-state index < -0.39 is 0 Å². The van der Waals surface area contributed by atoms with Gasteiger partial charge in [0.15, 0.2) is 5.82 Å². The summed E-state index contributed by atoms with van der Waals surface area (Å²) in [5.74, 6) is 1.33. The van der Waals surface area contributed by atoms with E-state index in [2.05, 4.69) is 25.5 Å². The fourth-order valence-corrected chi connectivity index (χ4v) is 3.46. The molecule has 1 fully saturated rings. The molecule has 2 heterocycles. The average Bonchev–Trinajstić information content (AvgIpc) is 2.80. The summed E-state index contributed by atoms with van der Waals surface area (Å²) in [6, 6.07) is 19.2. The molecule has 0 radical (unpaired) electrons. The lowest BCUT2D eigenvalue weighted by Crippen LogP contribution is -2.41. The minimum Gasteiger partial charge on any atom is -0.379 e. The van der Waals surface area contributed by atoms with Crippen LogP contribution in [0.15, 0.2) is 60.7 Å². The quantitative estimate of drug-likeness (QED) is 0.614. The van der Waals surface area contributed by atoms with Crippen molar-refractivity contribution in [2.24, 2.45) is 0 Å². The smallest absolute Gasteiger partial charge is 0.251 e. The second-order valence-electron chi connectivity index (χ2n) is 7.50. The van der Waals surface area contributed by atoms with Crippen LogP contribution in [0.25, 0.3) is 11.4 Å². The summed E-state index contributed by atoms with van der Waals surface area (Å²) in [4.78, 5) is 23.9. The fourth-order valence-electron chi connectivity index (χ4n) is 3.46. The summed E-state index contributed by atoms with van der Waals surface area (Å²) in [5, 5.41) is 6.29. The average molecular weight is 418 g/mol. The van der Waals surface area contributed by atoms with Crippen LogP contribution in [0.5, 0.6) is 0 Å². The van der Waals surface area contributed by atoms with Gasteiger partial charge >= 0.3 is 0 Å². The normalized spacial score (nSPS) is 14.2. The van der Waals surface area contributed by atoms with Gasteiger partial charge in [0.25, 0.3) is 5.91 Å². The molecule has 0 spiro atoms. The Morgan fingerprint density at radius 2 is 1.77 bits per heavy atom. The molecule has 1 aliphatic heterocycles. The first-order chi connectivity index (χ1) is 15.2. The van der Waals surface area contributed by atoms with Crippen molar-refractivity contribution < 1.29 is 9.53 Å². The van der Waals surface area contributed by atoms with Gasteiger partial charge in [0.2, 0.25) is 0 Å². The zero-order valence-corrected chi connectivity index (χ0v) is 17.7. The molecule has 0 atom stereocenters. The van der Waals surface area contributed by atoms with E-state index in [0.29, 0.717) is 23.8 Å². The Hall–Kier alpha value is -3.29. The minimum atomic E-state index is -0.0657. The van der Waals surface area contributed by atoms with E-state index in [-0.39, 0.29) is 5.91 Å². The summed E-state index contributed by atoms with van der Waals surface area (Å²) >= 11 is 0. The van der Waals surface area contributed by atoms with Crippen molar-refractivity contribution in [3.63, 3.8) is 0 Å². The highest BCUT2D eigenvalue weighted by Crippen LogP contribution is 2.20. The molecule has 0 aliphatic carbocycles. The lowest BCUT2D eigenvalue weighted by Gasteiger charge is -2.26. The van der Waals surface area contributed by atoms with Gasteiger partial charge in [0, 0.05) is 54.8 Å². The van der Waals surface area contributed by atoms with Gasteiger partial charge in [-0.05, 0) is 31.2 Å². The van der Waals surface area contributed by atoms with Gasteiger partial charge in [-0.2, -0.15) is 0 Å². The highest BCUT2D eigenvalue weighted by molar-refractivity contribution is 5.94. The first kappa shape index (κ1) is 21.0. The second kappa shape index (κ2) is 10.1. The van der Waals surface area contributed by atoms with Crippen LogP contribution < -0.4 is 10.6 Å². The molecule has 160 valence electrons. The third-order valence-corrected chi connectivity index (χ3v) is 5.12. The first-order valence-corrected chi connectivity index (χ1v) is 10.5. The summed E-state index contributed by atoms with van der Waals surface area (Å²) in [7, 11) is 0. The number of carbonyl (C=O) groups is 1. The van der Waals surface area contributed by atoms with E-state index in [9.17, 15) is 4.79 Å². The maximum Gasteiger partial charge on any atom is 0.251 e. The zero-order chi connectivity index (χ0) is 21.5. The molecule has 7 nitrogen and oxygen atoms in total. The van der Waals surface area contributed by atoms with Crippen LogP contribution in [0.4, 0.5) is 11.5 Å². The van der Waals surface area contributed by atoms with Crippen LogP contribution in [0.1, 0.15) is 16.1 Å². The molecule has 0 unspecified atom stereocenters.